The van der Waals surface area contributed by atoms with E-state index in [4.69, 9.17) is 5.73 Å². The molecule has 5 heteroatoms. The predicted octanol–water partition coefficient (Wildman–Crippen LogP) is 3.16. The molecule has 25 heavy (non-hydrogen) atoms. The number of hydrogen-bond donors (Lipinski definition) is 2. The van der Waals surface area contributed by atoms with Gasteiger partial charge in [-0.1, -0.05) is 42.5 Å². The van der Waals surface area contributed by atoms with Crippen LogP contribution in [0.15, 0.2) is 59.5 Å². The summed E-state index contributed by atoms with van der Waals surface area (Å²) in [5, 5.41) is 3.07. The van der Waals surface area contributed by atoms with Crippen LogP contribution in [0.4, 0.5) is 5.69 Å². The molecule has 1 amide bonds. The first-order chi connectivity index (χ1) is 12.1. The molecular formula is C20H25N3OS. The smallest absolute Gasteiger partial charge is 0.241 e. The zero-order chi connectivity index (χ0) is 17.8. The molecule has 0 saturated carbocycles. The summed E-state index contributed by atoms with van der Waals surface area (Å²) >= 11 is 1.63. The Morgan fingerprint density at radius 2 is 1.84 bits per heavy atom. The molecule has 1 aliphatic rings. The number of benzene rings is 2. The number of rotatable bonds is 5. The summed E-state index contributed by atoms with van der Waals surface area (Å²) in [6, 6.07) is 18.1. The van der Waals surface area contributed by atoms with Gasteiger partial charge in [0.05, 0.1) is 11.7 Å². The molecule has 2 aromatic carbocycles. The first-order valence-electron chi connectivity index (χ1n) is 8.58. The third-order valence-electron chi connectivity index (χ3n) is 4.91. The lowest BCUT2D eigenvalue weighted by molar-refractivity contribution is -0.120. The lowest BCUT2D eigenvalue weighted by Gasteiger charge is -2.24. The van der Waals surface area contributed by atoms with E-state index in [9.17, 15) is 4.79 Å². The Bertz CT molecular complexity index is 722. The number of anilines is 1. The minimum atomic E-state index is -0.213. The third kappa shape index (κ3) is 4.06. The van der Waals surface area contributed by atoms with Gasteiger partial charge in [-0.05, 0) is 30.9 Å². The van der Waals surface area contributed by atoms with Crippen LogP contribution in [0.2, 0.25) is 0 Å². The summed E-state index contributed by atoms with van der Waals surface area (Å²) < 4.78 is 0. The Balaban J connectivity index is 1.67. The number of hydrogen-bond acceptors (Lipinski definition) is 4. The molecule has 1 saturated heterocycles. The molecule has 0 radical (unpaired) electrons. The maximum absolute atomic E-state index is 12.7. The molecule has 4 nitrogen and oxygen atoms in total. The normalized spacial score (nSPS) is 21.9. The largest absolute Gasteiger partial charge is 0.326 e. The molecule has 2 aromatic rings. The average molecular weight is 356 g/mol. The highest BCUT2D eigenvalue weighted by atomic mass is 32.2. The van der Waals surface area contributed by atoms with Gasteiger partial charge in [-0.2, -0.15) is 0 Å². The van der Waals surface area contributed by atoms with Crippen LogP contribution >= 0.6 is 11.8 Å². The van der Waals surface area contributed by atoms with Gasteiger partial charge in [0, 0.05) is 29.9 Å². The molecule has 1 unspecified atom stereocenters. The van der Waals surface area contributed by atoms with Crippen molar-refractivity contribution in [2.75, 3.05) is 24.7 Å². The fourth-order valence-electron chi connectivity index (χ4n) is 3.38. The molecular weight excluding hydrogens is 330 g/mol. The molecule has 3 atom stereocenters. The van der Waals surface area contributed by atoms with Crippen molar-refractivity contribution in [3.63, 3.8) is 0 Å². The average Bonchev–Trinajstić information content (AvgIpc) is 3.04. The van der Waals surface area contributed by atoms with Gasteiger partial charge in [0.15, 0.2) is 0 Å². The summed E-state index contributed by atoms with van der Waals surface area (Å²) in [6.45, 7) is 3.50. The van der Waals surface area contributed by atoms with Crippen LogP contribution in [-0.4, -0.2) is 42.2 Å². The van der Waals surface area contributed by atoms with E-state index >= 15 is 0 Å². The number of carbonyl (C=O) groups excluding carboxylic acids is 1. The summed E-state index contributed by atoms with van der Waals surface area (Å²) in [7, 11) is 0. The van der Waals surface area contributed by atoms with E-state index < -0.39 is 0 Å². The van der Waals surface area contributed by atoms with Gasteiger partial charge in [0.25, 0.3) is 0 Å². The van der Waals surface area contributed by atoms with Gasteiger partial charge in [-0.25, -0.2) is 0 Å². The van der Waals surface area contributed by atoms with E-state index in [1.165, 1.54) is 5.56 Å². The first kappa shape index (κ1) is 18.0. The molecule has 1 fully saturated rings. The second-order valence-corrected chi connectivity index (χ2v) is 7.35. The summed E-state index contributed by atoms with van der Waals surface area (Å²) in [6.07, 6.45) is 2.01. The molecule has 0 aromatic heterocycles. The van der Waals surface area contributed by atoms with E-state index in [1.54, 1.807) is 11.8 Å². The van der Waals surface area contributed by atoms with Gasteiger partial charge >= 0.3 is 0 Å². The van der Waals surface area contributed by atoms with Crippen molar-refractivity contribution in [3.8, 4) is 0 Å². The fourth-order valence-corrected chi connectivity index (χ4v) is 3.93. The molecule has 0 aliphatic carbocycles. The Hall–Kier alpha value is -1.82. The van der Waals surface area contributed by atoms with Crippen molar-refractivity contribution < 1.29 is 4.79 Å². The Morgan fingerprint density at radius 1 is 1.16 bits per heavy atom. The standard InChI is InChI=1S/C20H25N3OS/c1-14(20(24)22-18-10-6-7-11-19(18)25-2)23-12-16(17(21)13-23)15-8-4-3-5-9-15/h3-11,14,16-17H,12-13,21H2,1-2H3,(H,22,24)/t14?,16-,17+/m0/s1. The van der Waals surface area contributed by atoms with Crippen molar-refractivity contribution in [1.82, 2.24) is 4.90 Å². The molecule has 3 rings (SSSR count). The molecule has 1 aliphatic heterocycles. The van der Waals surface area contributed by atoms with Crippen LogP contribution in [-0.2, 0) is 4.79 Å². The van der Waals surface area contributed by atoms with E-state index in [0.29, 0.717) is 0 Å². The van der Waals surface area contributed by atoms with Crippen molar-refractivity contribution in [2.45, 2.75) is 29.8 Å². The summed E-state index contributed by atoms with van der Waals surface area (Å²) in [5.41, 5.74) is 8.48. The topological polar surface area (TPSA) is 58.4 Å². The summed E-state index contributed by atoms with van der Waals surface area (Å²) in [4.78, 5) is 16.0. The van der Waals surface area contributed by atoms with Crippen LogP contribution in [0, 0.1) is 0 Å². The second kappa shape index (κ2) is 8.04. The number of nitrogens with two attached hydrogens (primary N) is 1. The number of amides is 1. The minimum Gasteiger partial charge on any atom is -0.326 e. The summed E-state index contributed by atoms with van der Waals surface area (Å²) in [5.74, 6) is 0.289. The molecule has 132 valence electrons. The minimum absolute atomic E-state index is 0.0161. The van der Waals surface area contributed by atoms with Gasteiger partial charge in [-0.15, -0.1) is 11.8 Å². The number of nitrogens with zero attached hydrogens (tertiary/aromatic N) is 1. The number of para-hydroxylation sites is 1. The molecule has 3 N–H and O–H groups in total. The monoisotopic (exact) mass is 355 g/mol. The van der Waals surface area contributed by atoms with Crippen LogP contribution in [0.1, 0.15) is 18.4 Å². The Labute approximate surface area is 153 Å². The maximum Gasteiger partial charge on any atom is 0.241 e. The van der Waals surface area contributed by atoms with E-state index in [1.807, 2.05) is 55.6 Å². The lowest BCUT2D eigenvalue weighted by atomic mass is 9.95. The van der Waals surface area contributed by atoms with Crippen molar-refractivity contribution in [1.29, 1.82) is 0 Å². The van der Waals surface area contributed by atoms with Crippen LogP contribution in [0.25, 0.3) is 0 Å². The quantitative estimate of drug-likeness (QED) is 0.809. The number of carbonyl (C=O) groups is 1. The van der Waals surface area contributed by atoms with Crippen molar-refractivity contribution in [2.24, 2.45) is 5.73 Å². The van der Waals surface area contributed by atoms with E-state index in [-0.39, 0.29) is 23.9 Å². The zero-order valence-electron chi connectivity index (χ0n) is 14.7. The Morgan fingerprint density at radius 3 is 2.56 bits per heavy atom. The predicted molar refractivity (Wildman–Crippen MR) is 105 cm³/mol. The third-order valence-corrected chi connectivity index (χ3v) is 5.71. The van der Waals surface area contributed by atoms with Gasteiger partial charge in [-0.3, -0.25) is 9.69 Å². The SMILES string of the molecule is CSc1ccccc1NC(=O)C(C)N1C[C@@H](N)[C@H](c2ccccc2)C1. The molecule has 1 heterocycles. The molecule has 0 bridgehead atoms. The number of nitrogens with one attached hydrogen (secondary N) is 1. The van der Waals surface area contributed by atoms with Crippen molar-refractivity contribution in [3.05, 3.63) is 60.2 Å². The number of likely N-dealkylation sites (tertiary alicyclic amines) is 1. The number of thioether (sulfide) groups is 1. The van der Waals surface area contributed by atoms with Gasteiger partial charge < -0.3 is 11.1 Å². The lowest BCUT2D eigenvalue weighted by Crippen LogP contribution is -2.41. The second-order valence-electron chi connectivity index (χ2n) is 6.50. The van der Waals surface area contributed by atoms with Crippen molar-refractivity contribution >= 4 is 23.4 Å². The van der Waals surface area contributed by atoms with Gasteiger partial charge in [0.1, 0.15) is 0 Å². The highest BCUT2D eigenvalue weighted by Crippen LogP contribution is 2.29. The zero-order valence-corrected chi connectivity index (χ0v) is 15.5. The van der Waals surface area contributed by atoms with Crippen LogP contribution < -0.4 is 11.1 Å². The first-order valence-corrected chi connectivity index (χ1v) is 9.81. The fraction of sp³-hybridized carbons (Fsp3) is 0.350. The van der Waals surface area contributed by atoms with E-state index in [2.05, 4.69) is 22.3 Å². The van der Waals surface area contributed by atoms with Crippen LogP contribution in [0.5, 0.6) is 0 Å². The highest BCUT2D eigenvalue weighted by Gasteiger charge is 2.35. The van der Waals surface area contributed by atoms with Crippen LogP contribution in [0.3, 0.4) is 0 Å². The maximum atomic E-state index is 12.7. The highest BCUT2D eigenvalue weighted by molar-refractivity contribution is 7.98. The van der Waals surface area contributed by atoms with E-state index in [0.717, 1.165) is 23.7 Å². The molecule has 0 spiro atoms. The Kier molecular flexibility index (Phi) is 5.78. The van der Waals surface area contributed by atoms with Gasteiger partial charge in [0.2, 0.25) is 5.91 Å².